The van der Waals surface area contributed by atoms with Gasteiger partial charge in [0.05, 0.1) is 17.1 Å². The topological polar surface area (TPSA) is 35.6 Å². The van der Waals surface area contributed by atoms with Crippen LogP contribution >= 0.6 is 23.2 Å². The van der Waals surface area contributed by atoms with E-state index in [2.05, 4.69) is 21.6 Å². The predicted octanol–water partition coefficient (Wildman–Crippen LogP) is 4.00. The van der Waals surface area contributed by atoms with Crippen molar-refractivity contribution in [3.63, 3.8) is 0 Å². The van der Waals surface area contributed by atoms with Crippen LogP contribution in [0, 0.1) is 0 Å². The molecule has 4 nitrogen and oxygen atoms in total. The molecule has 20 heavy (non-hydrogen) atoms. The number of hydrogen-bond donors (Lipinski definition) is 0. The lowest BCUT2D eigenvalue weighted by atomic mass is 10.2. The van der Waals surface area contributed by atoms with E-state index in [9.17, 15) is 0 Å². The minimum Gasteiger partial charge on any atom is -0.340 e. The third-order valence-electron chi connectivity index (χ3n) is 3.25. The molecule has 0 radical (unpaired) electrons. The SMILES string of the molecule is CCCn1ncnc1Cn1ccc2c(Cl)cc(Cl)cc21. The number of hydrogen-bond acceptors (Lipinski definition) is 2. The highest BCUT2D eigenvalue weighted by Crippen LogP contribution is 2.29. The van der Waals surface area contributed by atoms with E-state index >= 15 is 0 Å². The summed E-state index contributed by atoms with van der Waals surface area (Å²) in [6.45, 7) is 3.65. The maximum absolute atomic E-state index is 6.21. The average Bonchev–Trinajstić information content (AvgIpc) is 2.99. The summed E-state index contributed by atoms with van der Waals surface area (Å²) in [5.74, 6) is 0.931. The van der Waals surface area contributed by atoms with Crippen molar-refractivity contribution in [1.29, 1.82) is 0 Å². The Kier molecular flexibility index (Phi) is 3.68. The second-order valence-electron chi connectivity index (χ2n) is 4.66. The van der Waals surface area contributed by atoms with Crippen LogP contribution in [0.2, 0.25) is 10.0 Å². The largest absolute Gasteiger partial charge is 0.340 e. The van der Waals surface area contributed by atoms with Crippen LogP contribution in [0.1, 0.15) is 19.2 Å². The molecule has 1 aromatic carbocycles. The minimum absolute atomic E-state index is 0.637. The van der Waals surface area contributed by atoms with Crippen molar-refractivity contribution in [2.75, 3.05) is 0 Å². The fraction of sp³-hybridized carbons (Fsp3) is 0.286. The maximum atomic E-state index is 6.21. The molecule has 0 N–H and O–H groups in total. The zero-order valence-electron chi connectivity index (χ0n) is 11.1. The van der Waals surface area contributed by atoms with Crippen molar-refractivity contribution in [3.8, 4) is 0 Å². The van der Waals surface area contributed by atoms with Crippen LogP contribution in [0.4, 0.5) is 0 Å². The first-order chi connectivity index (χ1) is 9.69. The molecule has 0 unspecified atom stereocenters. The standard InChI is InChI=1S/C14H14Cl2N4/c1-2-4-20-14(17-9-18-20)8-19-5-3-11-12(16)6-10(15)7-13(11)19/h3,5-7,9H,2,4,8H2,1H3. The molecular formula is C14H14Cl2N4. The monoisotopic (exact) mass is 308 g/mol. The molecule has 2 heterocycles. The summed E-state index contributed by atoms with van der Waals surface area (Å²) in [4.78, 5) is 4.33. The van der Waals surface area contributed by atoms with Gasteiger partial charge in [0.1, 0.15) is 12.2 Å². The molecule has 0 aliphatic carbocycles. The summed E-state index contributed by atoms with van der Waals surface area (Å²) in [5.41, 5.74) is 1.01. The van der Waals surface area contributed by atoms with Crippen molar-refractivity contribution in [2.45, 2.75) is 26.4 Å². The fourth-order valence-corrected chi connectivity index (χ4v) is 2.86. The van der Waals surface area contributed by atoms with Gasteiger partial charge in [-0.15, -0.1) is 0 Å². The third kappa shape index (κ3) is 2.41. The van der Waals surface area contributed by atoms with Gasteiger partial charge in [0.2, 0.25) is 0 Å². The molecule has 0 aliphatic heterocycles. The summed E-state index contributed by atoms with van der Waals surface area (Å²) in [5, 5.41) is 6.54. The van der Waals surface area contributed by atoms with Crippen molar-refractivity contribution in [1.82, 2.24) is 19.3 Å². The lowest BCUT2D eigenvalue weighted by Gasteiger charge is -2.07. The van der Waals surface area contributed by atoms with Crippen LogP contribution in [0.5, 0.6) is 0 Å². The van der Waals surface area contributed by atoms with Crippen LogP contribution in [0.3, 0.4) is 0 Å². The van der Waals surface area contributed by atoms with Crippen LogP contribution < -0.4 is 0 Å². The first kappa shape index (κ1) is 13.5. The number of halogens is 2. The molecule has 2 aromatic heterocycles. The van der Waals surface area contributed by atoms with E-state index < -0.39 is 0 Å². The second kappa shape index (κ2) is 5.46. The zero-order chi connectivity index (χ0) is 14.1. The van der Waals surface area contributed by atoms with E-state index in [1.165, 1.54) is 0 Å². The van der Waals surface area contributed by atoms with Gasteiger partial charge in [-0.25, -0.2) is 9.67 Å². The molecule has 0 amide bonds. The third-order valence-corrected chi connectivity index (χ3v) is 3.78. The molecule has 3 rings (SSSR count). The van der Waals surface area contributed by atoms with E-state index in [1.807, 2.05) is 23.0 Å². The van der Waals surface area contributed by atoms with E-state index in [1.54, 1.807) is 12.4 Å². The van der Waals surface area contributed by atoms with Crippen molar-refractivity contribution in [3.05, 3.63) is 46.6 Å². The summed E-state index contributed by atoms with van der Waals surface area (Å²) in [6, 6.07) is 5.67. The first-order valence-corrected chi connectivity index (χ1v) is 7.25. The van der Waals surface area contributed by atoms with Crippen LogP contribution in [0.15, 0.2) is 30.7 Å². The van der Waals surface area contributed by atoms with Crippen molar-refractivity contribution in [2.24, 2.45) is 0 Å². The van der Waals surface area contributed by atoms with Crippen LogP contribution in [-0.2, 0) is 13.1 Å². The Morgan fingerprint density at radius 1 is 1.25 bits per heavy atom. The highest BCUT2D eigenvalue weighted by atomic mass is 35.5. The highest BCUT2D eigenvalue weighted by Gasteiger charge is 2.09. The lowest BCUT2D eigenvalue weighted by molar-refractivity contribution is 0.557. The molecule has 104 valence electrons. The first-order valence-electron chi connectivity index (χ1n) is 6.49. The maximum Gasteiger partial charge on any atom is 0.146 e. The Morgan fingerprint density at radius 3 is 2.90 bits per heavy atom. The number of nitrogens with zero attached hydrogens (tertiary/aromatic N) is 4. The molecule has 0 saturated carbocycles. The predicted molar refractivity (Wildman–Crippen MR) is 81.4 cm³/mol. The summed E-state index contributed by atoms with van der Waals surface area (Å²) in [7, 11) is 0. The van der Waals surface area contributed by atoms with Gasteiger partial charge in [-0.3, -0.25) is 0 Å². The second-order valence-corrected chi connectivity index (χ2v) is 5.51. The molecule has 0 atom stereocenters. The molecular weight excluding hydrogens is 295 g/mol. The van der Waals surface area contributed by atoms with Gasteiger partial charge >= 0.3 is 0 Å². The van der Waals surface area contributed by atoms with E-state index in [0.717, 1.165) is 29.7 Å². The number of rotatable bonds is 4. The Bertz CT molecular complexity index is 745. The number of aryl methyl sites for hydroxylation is 1. The van der Waals surface area contributed by atoms with Gasteiger partial charge in [-0.1, -0.05) is 30.1 Å². The molecule has 0 fully saturated rings. The molecule has 3 aromatic rings. The van der Waals surface area contributed by atoms with Gasteiger partial charge in [-0.2, -0.15) is 5.10 Å². The summed E-state index contributed by atoms with van der Waals surface area (Å²) in [6.07, 6.45) is 4.62. The number of fused-ring (bicyclic) bond motifs is 1. The molecule has 0 bridgehead atoms. The normalized spacial score (nSPS) is 11.3. The Balaban J connectivity index is 2.00. The van der Waals surface area contributed by atoms with Crippen molar-refractivity contribution >= 4 is 34.1 Å². The Labute approximate surface area is 126 Å². The fourth-order valence-electron chi connectivity index (χ4n) is 2.32. The van der Waals surface area contributed by atoms with E-state index in [0.29, 0.717) is 16.6 Å². The van der Waals surface area contributed by atoms with Crippen molar-refractivity contribution < 1.29 is 0 Å². The Hall–Kier alpha value is -1.52. The quantitative estimate of drug-likeness (QED) is 0.730. The van der Waals surface area contributed by atoms with Crippen LogP contribution in [0.25, 0.3) is 10.9 Å². The lowest BCUT2D eigenvalue weighted by Crippen LogP contribution is -2.09. The average molecular weight is 309 g/mol. The molecule has 0 saturated heterocycles. The highest BCUT2D eigenvalue weighted by molar-refractivity contribution is 6.38. The zero-order valence-corrected chi connectivity index (χ0v) is 12.6. The number of benzene rings is 1. The van der Waals surface area contributed by atoms with E-state index in [-0.39, 0.29) is 0 Å². The summed E-state index contributed by atoms with van der Waals surface area (Å²) < 4.78 is 4.02. The smallest absolute Gasteiger partial charge is 0.146 e. The van der Waals surface area contributed by atoms with Gasteiger partial charge in [0.25, 0.3) is 0 Å². The van der Waals surface area contributed by atoms with Gasteiger partial charge in [0, 0.05) is 23.2 Å². The van der Waals surface area contributed by atoms with Gasteiger partial charge in [-0.05, 0) is 24.6 Å². The minimum atomic E-state index is 0.637. The number of aromatic nitrogens is 4. The molecule has 6 heteroatoms. The van der Waals surface area contributed by atoms with E-state index in [4.69, 9.17) is 23.2 Å². The Morgan fingerprint density at radius 2 is 2.10 bits per heavy atom. The molecule has 0 aliphatic rings. The van der Waals surface area contributed by atoms with Crippen LogP contribution in [-0.4, -0.2) is 19.3 Å². The van der Waals surface area contributed by atoms with Gasteiger partial charge in [0.15, 0.2) is 0 Å². The summed E-state index contributed by atoms with van der Waals surface area (Å²) >= 11 is 12.3. The molecule has 0 spiro atoms. The van der Waals surface area contributed by atoms with Gasteiger partial charge < -0.3 is 4.57 Å².